The SMILES string of the molecule is CC(C)(Cn1cc[c]n1)OC[C@@H](O)CN. The molecule has 5 nitrogen and oxygen atoms in total. The molecule has 15 heavy (non-hydrogen) atoms. The Labute approximate surface area is 89.8 Å². The van der Waals surface area contributed by atoms with Crippen LogP contribution in [0, 0.1) is 6.20 Å². The van der Waals surface area contributed by atoms with Crippen LogP contribution in [0.25, 0.3) is 0 Å². The lowest BCUT2D eigenvalue weighted by molar-refractivity contribution is -0.0668. The van der Waals surface area contributed by atoms with Gasteiger partial charge in [0.05, 0.1) is 24.9 Å². The van der Waals surface area contributed by atoms with E-state index in [1.807, 2.05) is 20.0 Å². The van der Waals surface area contributed by atoms with Gasteiger partial charge in [0.15, 0.2) is 0 Å². The predicted octanol–water partition coefficient (Wildman–Crippen LogP) is -0.202. The summed E-state index contributed by atoms with van der Waals surface area (Å²) in [7, 11) is 0. The van der Waals surface area contributed by atoms with Gasteiger partial charge in [0, 0.05) is 12.7 Å². The highest BCUT2D eigenvalue weighted by molar-refractivity contribution is 4.79. The molecule has 0 aliphatic rings. The summed E-state index contributed by atoms with van der Waals surface area (Å²) in [6.07, 6.45) is 3.94. The number of nitrogens with zero attached hydrogens (tertiary/aromatic N) is 2. The summed E-state index contributed by atoms with van der Waals surface area (Å²) >= 11 is 0. The lowest BCUT2D eigenvalue weighted by atomic mass is 10.1. The standard InChI is InChI=1S/C10H18N3O2/c1-10(2,15-7-9(14)6-11)8-13-5-3-4-12-13/h3,5,9,14H,6-8,11H2,1-2H3/t9-/m0/s1. The number of hydrogen-bond acceptors (Lipinski definition) is 4. The van der Waals surface area contributed by atoms with Crippen LogP contribution in [0.15, 0.2) is 12.3 Å². The molecule has 0 fully saturated rings. The van der Waals surface area contributed by atoms with Gasteiger partial charge in [-0.1, -0.05) is 0 Å². The van der Waals surface area contributed by atoms with Gasteiger partial charge in [-0.15, -0.1) is 0 Å². The van der Waals surface area contributed by atoms with Crippen molar-refractivity contribution < 1.29 is 9.84 Å². The first-order valence-electron chi connectivity index (χ1n) is 4.95. The highest BCUT2D eigenvalue weighted by Gasteiger charge is 2.20. The minimum absolute atomic E-state index is 0.214. The van der Waals surface area contributed by atoms with Crippen LogP contribution >= 0.6 is 0 Å². The number of rotatable bonds is 6. The summed E-state index contributed by atoms with van der Waals surface area (Å²) < 4.78 is 7.30. The average molecular weight is 212 g/mol. The monoisotopic (exact) mass is 212 g/mol. The number of nitrogens with two attached hydrogens (primary N) is 1. The summed E-state index contributed by atoms with van der Waals surface area (Å²) in [4.78, 5) is 0. The van der Waals surface area contributed by atoms with Crippen molar-refractivity contribution in [2.24, 2.45) is 5.73 Å². The molecule has 5 heteroatoms. The maximum Gasteiger partial charge on any atom is 0.113 e. The normalized spacial score (nSPS) is 14.1. The topological polar surface area (TPSA) is 73.3 Å². The maximum atomic E-state index is 9.27. The highest BCUT2D eigenvalue weighted by atomic mass is 16.5. The molecule has 3 N–H and O–H groups in total. The van der Waals surface area contributed by atoms with Crippen molar-refractivity contribution in [3.05, 3.63) is 18.5 Å². The van der Waals surface area contributed by atoms with Crippen molar-refractivity contribution in [2.45, 2.75) is 32.1 Å². The van der Waals surface area contributed by atoms with Gasteiger partial charge in [-0.25, -0.2) is 0 Å². The van der Waals surface area contributed by atoms with Gasteiger partial charge in [-0.05, 0) is 19.9 Å². The number of aliphatic hydroxyl groups excluding tert-OH is 1. The second kappa shape index (κ2) is 5.25. The van der Waals surface area contributed by atoms with E-state index in [4.69, 9.17) is 10.5 Å². The zero-order valence-corrected chi connectivity index (χ0v) is 9.18. The largest absolute Gasteiger partial charge is 0.389 e. The minimum atomic E-state index is -0.603. The molecule has 1 rings (SSSR count). The van der Waals surface area contributed by atoms with E-state index >= 15 is 0 Å². The zero-order chi connectivity index (χ0) is 11.3. The number of aromatic nitrogens is 2. The van der Waals surface area contributed by atoms with Gasteiger partial charge in [-0.3, -0.25) is 4.68 Å². The molecule has 0 unspecified atom stereocenters. The molecule has 0 bridgehead atoms. The van der Waals surface area contributed by atoms with Crippen LogP contribution in [0.5, 0.6) is 0 Å². The third-order valence-corrected chi connectivity index (χ3v) is 1.99. The molecule has 0 aromatic carbocycles. The van der Waals surface area contributed by atoms with Gasteiger partial charge in [0.2, 0.25) is 0 Å². The van der Waals surface area contributed by atoms with Crippen molar-refractivity contribution in [1.82, 2.24) is 9.78 Å². The Kier molecular flexibility index (Phi) is 4.26. The molecule has 1 heterocycles. The van der Waals surface area contributed by atoms with E-state index in [9.17, 15) is 5.11 Å². The lowest BCUT2D eigenvalue weighted by Gasteiger charge is -2.26. The molecule has 1 radical (unpaired) electrons. The summed E-state index contributed by atoms with van der Waals surface area (Å²) in [6.45, 7) is 4.96. The first-order chi connectivity index (χ1) is 7.03. The fourth-order valence-corrected chi connectivity index (χ4v) is 1.17. The van der Waals surface area contributed by atoms with Crippen molar-refractivity contribution in [1.29, 1.82) is 0 Å². The number of aliphatic hydroxyl groups is 1. The predicted molar refractivity (Wildman–Crippen MR) is 56.2 cm³/mol. The van der Waals surface area contributed by atoms with Crippen LogP contribution in [0.4, 0.5) is 0 Å². The van der Waals surface area contributed by atoms with Crippen LogP contribution in [0.3, 0.4) is 0 Å². The Balaban J connectivity index is 2.38. The molecular formula is C10H18N3O2. The Bertz CT molecular complexity index is 272. The van der Waals surface area contributed by atoms with Gasteiger partial charge in [-0.2, -0.15) is 5.10 Å². The minimum Gasteiger partial charge on any atom is -0.389 e. The van der Waals surface area contributed by atoms with Crippen molar-refractivity contribution in [2.75, 3.05) is 13.2 Å². The Morgan fingerprint density at radius 1 is 1.67 bits per heavy atom. The Hall–Kier alpha value is -0.910. The van der Waals surface area contributed by atoms with E-state index in [1.54, 1.807) is 10.7 Å². The zero-order valence-electron chi connectivity index (χ0n) is 9.18. The van der Waals surface area contributed by atoms with E-state index < -0.39 is 6.10 Å². The van der Waals surface area contributed by atoms with E-state index in [1.165, 1.54) is 0 Å². The fourth-order valence-electron chi connectivity index (χ4n) is 1.17. The second-order valence-corrected chi connectivity index (χ2v) is 4.10. The van der Waals surface area contributed by atoms with Crippen LogP contribution in [-0.4, -0.2) is 39.7 Å². The van der Waals surface area contributed by atoms with Crippen LogP contribution in [-0.2, 0) is 11.3 Å². The van der Waals surface area contributed by atoms with Crippen LogP contribution in [0.2, 0.25) is 0 Å². The Morgan fingerprint density at radius 2 is 2.40 bits per heavy atom. The molecular weight excluding hydrogens is 194 g/mol. The molecule has 0 saturated heterocycles. The summed E-state index contributed by atoms with van der Waals surface area (Å²) in [5.74, 6) is 0. The van der Waals surface area contributed by atoms with E-state index in [0.717, 1.165) is 0 Å². The molecule has 1 aromatic heterocycles. The second-order valence-electron chi connectivity index (χ2n) is 4.10. The third-order valence-electron chi connectivity index (χ3n) is 1.99. The van der Waals surface area contributed by atoms with E-state index in [-0.39, 0.29) is 18.8 Å². The summed E-state index contributed by atoms with van der Waals surface area (Å²) in [5, 5.41) is 13.2. The molecule has 85 valence electrons. The maximum absolute atomic E-state index is 9.27. The van der Waals surface area contributed by atoms with E-state index in [2.05, 4.69) is 11.3 Å². The smallest absolute Gasteiger partial charge is 0.113 e. The first kappa shape index (κ1) is 12.2. The quantitative estimate of drug-likeness (QED) is 0.685. The van der Waals surface area contributed by atoms with E-state index in [0.29, 0.717) is 6.54 Å². The van der Waals surface area contributed by atoms with Gasteiger partial charge < -0.3 is 15.6 Å². The van der Waals surface area contributed by atoms with Crippen molar-refractivity contribution in [3.63, 3.8) is 0 Å². The fraction of sp³-hybridized carbons (Fsp3) is 0.700. The molecule has 1 aromatic rings. The summed E-state index contributed by atoms with van der Waals surface area (Å²) in [6, 6.07) is 1.74. The molecule has 0 aliphatic heterocycles. The molecule has 0 amide bonds. The molecule has 0 aliphatic carbocycles. The summed E-state index contributed by atoms with van der Waals surface area (Å²) in [5.41, 5.74) is 4.91. The molecule has 0 spiro atoms. The highest BCUT2D eigenvalue weighted by Crippen LogP contribution is 2.12. The number of hydrogen-bond donors (Lipinski definition) is 2. The van der Waals surface area contributed by atoms with Crippen LogP contribution < -0.4 is 5.73 Å². The first-order valence-corrected chi connectivity index (χ1v) is 4.95. The lowest BCUT2D eigenvalue weighted by Crippen LogP contribution is -2.36. The van der Waals surface area contributed by atoms with Crippen molar-refractivity contribution >= 4 is 0 Å². The van der Waals surface area contributed by atoms with Gasteiger partial charge >= 0.3 is 0 Å². The Morgan fingerprint density at radius 3 is 2.93 bits per heavy atom. The van der Waals surface area contributed by atoms with Crippen molar-refractivity contribution in [3.8, 4) is 0 Å². The molecule has 1 atom stereocenters. The number of ether oxygens (including phenoxy) is 1. The van der Waals surface area contributed by atoms with Gasteiger partial charge in [0.25, 0.3) is 0 Å². The molecule has 0 saturated carbocycles. The van der Waals surface area contributed by atoms with Crippen LogP contribution in [0.1, 0.15) is 13.8 Å². The third kappa shape index (κ3) is 4.42. The average Bonchev–Trinajstić information content (AvgIpc) is 2.66. The van der Waals surface area contributed by atoms with Gasteiger partial charge in [0.1, 0.15) is 6.20 Å².